The van der Waals surface area contributed by atoms with Crippen molar-refractivity contribution >= 4 is 5.96 Å². The first kappa shape index (κ1) is 18.5. The third-order valence-electron chi connectivity index (χ3n) is 4.91. The molecule has 2 unspecified atom stereocenters. The topological polar surface area (TPSA) is 48.9 Å². The number of nitrogens with zero attached hydrogens (tertiary/aromatic N) is 2. The van der Waals surface area contributed by atoms with E-state index in [1.807, 2.05) is 7.05 Å². The minimum atomic E-state index is 0.336. The Hall–Kier alpha value is -0.810. The molecule has 5 heteroatoms. The fourth-order valence-corrected chi connectivity index (χ4v) is 3.37. The molecule has 1 heterocycles. The summed E-state index contributed by atoms with van der Waals surface area (Å²) in [6.45, 7) is 10.7. The molecule has 134 valence electrons. The zero-order chi connectivity index (χ0) is 16.7. The molecule has 2 rings (SSSR count). The molecule has 0 radical (unpaired) electrons. The normalized spacial score (nSPS) is 26.6. The van der Waals surface area contributed by atoms with Crippen LogP contribution in [0.4, 0.5) is 0 Å². The molecule has 2 aliphatic rings. The van der Waals surface area contributed by atoms with Gasteiger partial charge in [-0.3, -0.25) is 4.99 Å². The molecule has 0 spiro atoms. The van der Waals surface area contributed by atoms with Gasteiger partial charge in [0.15, 0.2) is 5.96 Å². The van der Waals surface area contributed by atoms with Crippen LogP contribution in [0.1, 0.15) is 52.9 Å². The fourth-order valence-electron chi connectivity index (χ4n) is 3.37. The van der Waals surface area contributed by atoms with Crippen molar-refractivity contribution < 1.29 is 4.74 Å². The van der Waals surface area contributed by atoms with E-state index in [0.29, 0.717) is 18.2 Å². The van der Waals surface area contributed by atoms with E-state index in [-0.39, 0.29) is 0 Å². The Kier molecular flexibility index (Phi) is 7.63. The molecule has 5 nitrogen and oxygen atoms in total. The lowest BCUT2D eigenvalue weighted by atomic mass is 10.1. The second kappa shape index (κ2) is 9.48. The first-order valence-corrected chi connectivity index (χ1v) is 9.46. The summed E-state index contributed by atoms with van der Waals surface area (Å²) in [7, 11) is 1.88. The van der Waals surface area contributed by atoms with Crippen molar-refractivity contribution in [3.05, 3.63) is 0 Å². The van der Waals surface area contributed by atoms with Crippen LogP contribution in [0.15, 0.2) is 4.99 Å². The number of guanidine groups is 1. The molecule has 23 heavy (non-hydrogen) atoms. The highest BCUT2D eigenvalue weighted by molar-refractivity contribution is 5.80. The van der Waals surface area contributed by atoms with Gasteiger partial charge in [0, 0.05) is 38.8 Å². The van der Waals surface area contributed by atoms with Gasteiger partial charge in [-0.05, 0) is 45.4 Å². The molecule has 1 saturated carbocycles. The highest BCUT2D eigenvalue weighted by atomic mass is 16.5. The van der Waals surface area contributed by atoms with Gasteiger partial charge < -0.3 is 20.3 Å². The van der Waals surface area contributed by atoms with E-state index in [2.05, 4.69) is 41.3 Å². The minimum absolute atomic E-state index is 0.336. The van der Waals surface area contributed by atoms with Gasteiger partial charge in [-0.25, -0.2) is 0 Å². The Balaban J connectivity index is 1.61. The van der Waals surface area contributed by atoms with Gasteiger partial charge in [0.05, 0.1) is 12.7 Å². The fraction of sp³-hybridized carbons (Fsp3) is 0.944. The lowest BCUT2D eigenvalue weighted by molar-refractivity contribution is 0.0532. The van der Waals surface area contributed by atoms with Crippen LogP contribution in [0.3, 0.4) is 0 Å². The number of hydrogen-bond donors (Lipinski definition) is 2. The number of hydrogen-bond acceptors (Lipinski definition) is 3. The van der Waals surface area contributed by atoms with Crippen molar-refractivity contribution in [3.8, 4) is 0 Å². The third-order valence-corrected chi connectivity index (χ3v) is 4.91. The van der Waals surface area contributed by atoms with Gasteiger partial charge in [-0.1, -0.05) is 13.3 Å². The van der Waals surface area contributed by atoms with Crippen molar-refractivity contribution in [2.75, 3.05) is 33.3 Å². The molecule has 2 atom stereocenters. The number of piperidine rings is 1. The van der Waals surface area contributed by atoms with E-state index in [1.54, 1.807) is 0 Å². The third kappa shape index (κ3) is 6.68. The van der Waals surface area contributed by atoms with Gasteiger partial charge in [0.1, 0.15) is 0 Å². The maximum Gasteiger partial charge on any atom is 0.191 e. The van der Waals surface area contributed by atoms with Crippen molar-refractivity contribution in [1.82, 2.24) is 15.5 Å². The molecule has 0 aromatic rings. The molecule has 0 amide bonds. The van der Waals surface area contributed by atoms with Crippen molar-refractivity contribution in [3.63, 3.8) is 0 Å². The number of aliphatic imine (C=N–C) groups is 1. The second-order valence-electron chi connectivity index (χ2n) is 7.29. The van der Waals surface area contributed by atoms with Crippen LogP contribution in [-0.2, 0) is 4.74 Å². The summed E-state index contributed by atoms with van der Waals surface area (Å²) >= 11 is 0. The highest BCUT2D eigenvalue weighted by Gasteiger charge is 2.36. The average molecular weight is 325 g/mol. The summed E-state index contributed by atoms with van der Waals surface area (Å²) in [5.41, 5.74) is 0. The zero-order valence-electron chi connectivity index (χ0n) is 15.5. The summed E-state index contributed by atoms with van der Waals surface area (Å²) in [5.74, 6) is 1.86. The molecular formula is C18H36N4O. The molecule has 0 aromatic carbocycles. The molecule has 1 saturated heterocycles. The monoisotopic (exact) mass is 324 g/mol. The Labute approximate surface area is 142 Å². The van der Waals surface area contributed by atoms with E-state index < -0.39 is 0 Å². The molecule has 2 N–H and O–H groups in total. The summed E-state index contributed by atoms with van der Waals surface area (Å²) in [6, 6.07) is 1.20. The Morgan fingerprint density at radius 1 is 1.26 bits per heavy atom. The van der Waals surface area contributed by atoms with Crippen molar-refractivity contribution in [1.29, 1.82) is 0 Å². The first-order valence-electron chi connectivity index (χ1n) is 9.46. The number of rotatable bonds is 8. The van der Waals surface area contributed by atoms with Crippen LogP contribution < -0.4 is 10.6 Å². The van der Waals surface area contributed by atoms with Crippen molar-refractivity contribution in [2.24, 2.45) is 10.9 Å². The van der Waals surface area contributed by atoms with Crippen LogP contribution in [0.2, 0.25) is 0 Å². The predicted octanol–water partition coefficient (Wildman–Crippen LogP) is 2.23. The van der Waals surface area contributed by atoms with E-state index in [4.69, 9.17) is 4.74 Å². The molecule has 1 aliphatic heterocycles. The highest BCUT2D eigenvalue weighted by Crippen LogP contribution is 2.34. The molecule has 0 bridgehead atoms. The SMILES string of the molecule is CCCC1CC1NC(=NC)NC1CCN(CCOC(C)C)CC1. The van der Waals surface area contributed by atoms with Gasteiger partial charge in [0.25, 0.3) is 0 Å². The smallest absolute Gasteiger partial charge is 0.191 e. The van der Waals surface area contributed by atoms with E-state index in [9.17, 15) is 0 Å². The summed E-state index contributed by atoms with van der Waals surface area (Å²) in [6.07, 6.45) is 6.64. The van der Waals surface area contributed by atoms with Gasteiger partial charge >= 0.3 is 0 Å². The average Bonchev–Trinajstić information content (AvgIpc) is 3.26. The largest absolute Gasteiger partial charge is 0.377 e. The minimum Gasteiger partial charge on any atom is -0.377 e. The summed E-state index contributed by atoms with van der Waals surface area (Å²) in [4.78, 5) is 6.91. The van der Waals surface area contributed by atoms with Gasteiger partial charge in [-0.15, -0.1) is 0 Å². The van der Waals surface area contributed by atoms with Crippen LogP contribution in [0, 0.1) is 5.92 Å². The number of ether oxygens (including phenoxy) is 1. The Bertz CT molecular complexity index is 364. The van der Waals surface area contributed by atoms with E-state index in [0.717, 1.165) is 38.1 Å². The van der Waals surface area contributed by atoms with Crippen LogP contribution in [-0.4, -0.2) is 62.3 Å². The summed E-state index contributed by atoms with van der Waals surface area (Å²) in [5, 5.41) is 7.20. The standard InChI is InChI=1S/C18H36N4O/c1-5-6-15-13-17(15)21-18(19-4)20-16-7-9-22(10-8-16)11-12-23-14(2)3/h14-17H,5-13H2,1-4H3,(H2,19,20,21). The molecule has 2 fully saturated rings. The van der Waals surface area contributed by atoms with Crippen LogP contribution in [0.5, 0.6) is 0 Å². The number of nitrogens with one attached hydrogen (secondary N) is 2. The zero-order valence-corrected chi connectivity index (χ0v) is 15.5. The maximum atomic E-state index is 5.65. The lowest BCUT2D eigenvalue weighted by Crippen LogP contribution is -2.49. The van der Waals surface area contributed by atoms with Crippen molar-refractivity contribution in [2.45, 2.75) is 71.1 Å². The van der Waals surface area contributed by atoms with Gasteiger partial charge in [0.2, 0.25) is 0 Å². The molecular weight excluding hydrogens is 288 g/mol. The Morgan fingerprint density at radius 2 is 2.00 bits per heavy atom. The van der Waals surface area contributed by atoms with Gasteiger partial charge in [-0.2, -0.15) is 0 Å². The summed E-state index contributed by atoms with van der Waals surface area (Å²) < 4.78 is 5.65. The van der Waals surface area contributed by atoms with E-state index in [1.165, 1.54) is 32.1 Å². The number of likely N-dealkylation sites (tertiary alicyclic amines) is 1. The predicted molar refractivity (Wildman–Crippen MR) is 97.0 cm³/mol. The Morgan fingerprint density at radius 3 is 2.61 bits per heavy atom. The van der Waals surface area contributed by atoms with Crippen LogP contribution >= 0.6 is 0 Å². The van der Waals surface area contributed by atoms with E-state index >= 15 is 0 Å². The lowest BCUT2D eigenvalue weighted by Gasteiger charge is -2.33. The molecule has 0 aromatic heterocycles. The first-order chi connectivity index (χ1) is 11.1. The second-order valence-corrected chi connectivity index (χ2v) is 7.29. The maximum absolute atomic E-state index is 5.65. The quantitative estimate of drug-likeness (QED) is 0.531. The molecule has 1 aliphatic carbocycles. The van der Waals surface area contributed by atoms with Crippen LogP contribution in [0.25, 0.3) is 0 Å².